The second-order valence-electron chi connectivity index (χ2n) is 5.67. The highest BCUT2D eigenvalue weighted by Gasteiger charge is 2.16. The van der Waals surface area contributed by atoms with Gasteiger partial charge in [0.1, 0.15) is 0 Å². The third-order valence-corrected chi connectivity index (χ3v) is 5.06. The van der Waals surface area contributed by atoms with Gasteiger partial charge in [-0.2, -0.15) is 0 Å². The van der Waals surface area contributed by atoms with Crippen LogP contribution in [0.2, 0.25) is 0 Å². The minimum absolute atomic E-state index is 0.248. The van der Waals surface area contributed by atoms with Crippen molar-refractivity contribution in [3.8, 4) is 0 Å². The van der Waals surface area contributed by atoms with E-state index in [-0.39, 0.29) is 6.04 Å². The quantitative estimate of drug-likeness (QED) is 0.876. The van der Waals surface area contributed by atoms with E-state index in [0.29, 0.717) is 0 Å². The Kier molecular flexibility index (Phi) is 5.13. The third kappa shape index (κ3) is 4.03. The van der Waals surface area contributed by atoms with Crippen LogP contribution in [0.3, 0.4) is 0 Å². The predicted octanol–water partition coefficient (Wildman–Crippen LogP) is 4.31. The molecule has 1 aromatic rings. The number of aryl methyl sites for hydroxylation is 1. The second kappa shape index (κ2) is 6.63. The standard InChI is InChI=1S/C16H25NS/c1-12-8-9-16(14(10-12)11-13(2)17)18-15-6-4-3-5-7-15/h8-10,13,15H,3-7,11,17H2,1-2H3. The molecule has 2 rings (SSSR count). The van der Waals surface area contributed by atoms with Gasteiger partial charge in [-0.15, -0.1) is 11.8 Å². The topological polar surface area (TPSA) is 26.0 Å². The molecule has 0 spiro atoms. The van der Waals surface area contributed by atoms with E-state index in [0.717, 1.165) is 11.7 Å². The van der Waals surface area contributed by atoms with Crippen LogP contribution in [-0.4, -0.2) is 11.3 Å². The molecule has 1 nitrogen and oxygen atoms in total. The van der Waals surface area contributed by atoms with E-state index in [1.807, 2.05) is 0 Å². The van der Waals surface area contributed by atoms with Crippen molar-refractivity contribution in [2.75, 3.05) is 0 Å². The normalized spacial score (nSPS) is 18.8. The Bertz CT molecular complexity index is 381. The number of hydrogen-bond donors (Lipinski definition) is 1. The van der Waals surface area contributed by atoms with Crippen molar-refractivity contribution in [2.45, 2.75) is 68.6 Å². The van der Waals surface area contributed by atoms with Crippen molar-refractivity contribution in [3.63, 3.8) is 0 Å². The smallest absolute Gasteiger partial charge is 0.0108 e. The average Bonchev–Trinajstić information content (AvgIpc) is 2.33. The molecular weight excluding hydrogens is 238 g/mol. The van der Waals surface area contributed by atoms with Crippen molar-refractivity contribution < 1.29 is 0 Å². The molecule has 1 atom stereocenters. The maximum atomic E-state index is 5.97. The summed E-state index contributed by atoms with van der Waals surface area (Å²) in [6, 6.07) is 7.09. The van der Waals surface area contributed by atoms with Gasteiger partial charge in [0.2, 0.25) is 0 Å². The molecule has 2 N–H and O–H groups in total. The van der Waals surface area contributed by atoms with E-state index < -0.39 is 0 Å². The van der Waals surface area contributed by atoms with Gasteiger partial charge >= 0.3 is 0 Å². The van der Waals surface area contributed by atoms with Crippen LogP contribution in [0, 0.1) is 6.92 Å². The van der Waals surface area contributed by atoms with E-state index in [2.05, 4.69) is 43.8 Å². The molecule has 1 fully saturated rings. The molecule has 1 saturated carbocycles. The highest BCUT2D eigenvalue weighted by Crippen LogP contribution is 2.35. The summed E-state index contributed by atoms with van der Waals surface area (Å²) in [6.45, 7) is 4.26. The Morgan fingerprint density at radius 2 is 2.00 bits per heavy atom. The van der Waals surface area contributed by atoms with Crippen molar-refractivity contribution in [1.29, 1.82) is 0 Å². The molecule has 2 heteroatoms. The number of hydrogen-bond acceptors (Lipinski definition) is 2. The summed E-state index contributed by atoms with van der Waals surface area (Å²) in [5.41, 5.74) is 8.76. The second-order valence-corrected chi connectivity index (χ2v) is 7.01. The van der Waals surface area contributed by atoms with Crippen LogP contribution in [0.1, 0.15) is 50.2 Å². The molecule has 1 aliphatic rings. The van der Waals surface area contributed by atoms with Gasteiger partial charge in [-0.1, -0.05) is 37.0 Å². The Balaban J connectivity index is 2.09. The van der Waals surface area contributed by atoms with E-state index in [4.69, 9.17) is 5.73 Å². The highest BCUT2D eigenvalue weighted by atomic mass is 32.2. The summed E-state index contributed by atoms with van der Waals surface area (Å²) < 4.78 is 0. The van der Waals surface area contributed by atoms with Crippen LogP contribution in [0.25, 0.3) is 0 Å². The molecule has 0 aliphatic heterocycles. The van der Waals surface area contributed by atoms with Gasteiger partial charge in [0.25, 0.3) is 0 Å². The predicted molar refractivity (Wildman–Crippen MR) is 81.3 cm³/mol. The van der Waals surface area contributed by atoms with Gasteiger partial charge in [0, 0.05) is 16.2 Å². The van der Waals surface area contributed by atoms with E-state index in [9.17, 15) is 0 Å². The zero-order chi connectivity index (χ0) is 13.0. The molecule has 0 amide bonds. The molecule has 0 saturated heterocycles. The zero-order valence-corrected chi connectivity index (χ0v) is 12.4. The van der Waals surface area contributed by atoms with Crippen LogP contribution >= 0.6 is 11.8 Å². The summed E-state index contributed by atoms with van der Waals surface area (Å²) in [4.78, 5) is 1.46. The lowest BCUT2D eigenvalue weighted by Crippen LogP contribution is -2.18. The van der Waals surface area contributed by atoms with E-state index in [1.165, 1.54) is 48.1 Å². The first-order valence-electron chi connectivity index (χ1n) is 7.17. The number of benzene rings is 1. The largest absolute Gasteiger partial charge is 0.328 e. The minimum Gasteiger partial charge on any atom is -0.328 e. The summed E-state index contributed by atoms with van der Waals surface area (Å²) >= 11 is 2.09. The Morgan fingerprint density at radius 1 is 1.28 bits per heavy atom. The number of rotatable bonds is 4. The molecule has 100 valence electrons. The molecule has 1 aromatic carbocycles. The fourth-order valence-corrected chi connectivity index (χ4v) is 4.06. The number of thioether (sulfide) groups is 1. The number of nitrogens with two attached hydrogens (primary N) is 1. The van der Waals surface area contributed by atoms with Gasteiger partial charge in [-0.25, -0.2) is 0 Å². The Labute approximate surface area is 116 Å². The Hall–Kier alpha value is -0.470. The lowest BCUT2D eigenvalue weighted by molar-refractivity contribution is 0.516. The van der Waals surface area contributed by atoms with Gasteiger partial charge in [0.05, 0.1) is 0 Å². The summed E-state index contributed by atoms with van der Waals surface area (Å²) in [5, 5.41) is 0.827. The van der Waals surface area contributed by atoms with Crippen LogP contribution in [0.15, 0.2) is 23.1 Å². The van der Waals surface area contributed by atoms with E-state index in [1.54, 1.807) is 0 Å². The van der Waals surface area contributed by atoms with Crippen LogP contribution in [0.4, 0.5) is 0 Å². The first-order valence-corrected chi connectivity index (χ1v) is 8.05. The molecule has 0 bridgehead atoms. The van der Waals surface area contributed by atoms with Crippen molar-refractivity contribution in [1.82, 2.24) is 0 Å². The summed E-state index contributed by atoms with van der Waals surface area (Å²) in [6.07, 6.45) is 8.01. The average molecular weight is 263 g/mol. The fourth-order valence-electron chi connectivity index (χ4n) is 2.69. The van der Waals surface area contributed by atoms with Crippen molar-refractivity contribution in [2.24, 2.45) is 5.73 Å². The van der Waals surface area contributed by atoms with Crippen LogP contribution in [0.5, 0.6) is 0 Å². The molecule has 0 aromatic heterocycles. The molecule has 1 aliphatic carbocycles. The lowest BCUT2D eigenvalue weighted by atomic mass is 10.0. The molecular formula is C16H25NS. The maximum absolute atomic E-state index is 5.97. The van der Waals surface area contributed by atoms with Gasteiger partial charge in [-0.05, 0) is 44.7 Å². The molecule has 0 radical (unpaired) electrons. The monoisotopic (exact) mass is 263 g/mol. The SMILES string of the molecule is Cc1ccc(SC2CCCCC2)c(CC(C)N)c1. The lowest BCUT2D eigenvalue weighted by Gasteiger charge is -2.22. The van der Waals surface area contributed by atoms with Crippen molar-refractivity contribution in [3.05, 3.63) is 29.3 Å². The van der Waals surface area contributed by atoms with Gasteiger partial charge in [0.15, 0.2) is 0 Å². The van der Waals surface area contributed by atoms with Gasteiger partial charge < -0.3 is 5.73 Å². The summed E-state index contributed by atoms with van der Waals surface area (Å²) in [5.74, 6) is 0. The maximum Gasteiger partial charge on any atom is 0.0108 e. The Morgan fingerprint density at radius 3 is 2.67 bits per heavy atom. The van der Waals surface area contributed by atoms with E-state index >= 15 is 0 Å². The summed E-state index contributed by atoms with van der Waals surface area (Å²) in [7, 11) is 0. The first-order chi connectivity index (χ1) is 8.65. The molecule has 1 unspecified atom stereocenters. The highest BCUT2D eigenvalue weighted by molar-refractivity contribution is 8.00. The van der Waals surface area contributed by atoms with Crippen LogP contribution in [-0.2, 0) is 6.42 Å². The van der Waals surface area contributed by atoms with Crippen LogP contribution < -0.4 is 5.73 Å². The fraction of sp³-hybridized carbons (Fsp3) is 0.625. The molecule has 0 heterocycles. The first kappa shape index (κ1) is 14.0. The zero-order valence-electron chi connectivity index (χ0n) is 11.6. The van der Waals surface area contributed by atoms with Gasteiger partial charge in [-0.3, -0.25) is 0 Å². The third-order valence-electron chi connectivity index (χ3n) is 3.60. The molecule has 18 heavy (non-hydrogen) atoms. The van der Waals surface area contributed by atoms with Crippen molar-refractivity contribution >= 4 is 11.8 Å². The minimum atomic E-state index is 0.248.